The van der Waals surface area contributed by atoms with Crippen molar-refractivity contribution in [3.8, 4) is 0 Å². The van der Waals surface area contributed by atoms with Crippen molar-refractivity contribution in [3.63, 3.8) is 0 Å². The molecule has 3 aromatic carbocycles. The molecule has 0 aliphatic heterocycles. The summed E-state index contributed by atoms with van der Waals surface area (Å²) in [5.74, 6) is -1.07. The van der Waals surface area contributed by atoms with E-state index in [0.717, 1.165) is 55.5 Å². The largest absolute Gasteiger partial charge is 0.511 e. The third-order valence-corrected chi connectivity index (χ3v) is 10.2. The van der Waals surface area contributed by atoms with Gasteiger partial charge >= 0.3 is 15.5 Å². The van der Waals surface area contributed by atoms with Crippen molar-refractivity contribution in [2.24, 2.45) is 0 Å². The minimum atomic E-state index is -5.65. The van der Waals surface area contributed by atoms with Crippen LogP contribution in [-0.4, -0.2) is 30.8 Å². The van der Waals surface area contributed by atoms with Crippen LogP contribution in [0.15, 0.2) is 86.3 Å². The molecule has 0 aliphatic carbocycles. The zero-order valence-corrected chi connectivity index (χ0v) is 21.1. The Morgan fingerprint density at radius 1 is 0.750 bits per heavy atom. The lowest BCUT2D eigenvalue weighted by molar-refractivity contribution is -0.0450. The van der Waals surface area contributed by atoms with Gasteiger partial charge in [0.15, 0.2) is 0 Å². The van der Waals surface area contributed by atoms with Gasteiger partial charge in [-0.05, 0) is 61.4 Å². The molecule has 0 unspecified atom stereocenters. The molecule has 0 saturated heterocycles. The molecule has 194 valence electrons. The molecular formula is C22H19F4NO6S3. The smallest absolute Gasteiger partial charge is 0.218 e. The minimum absolute atomic E-state index is 0.0184. The van der Waals surface area contributed by atoms with E-state index in [1.807, 2.05) is 0 Å². The molecule has 36 heavy (non-hydrogen) atoms. The number of halogens is 4. The maximum Gasteiger partial charge on any atom is 0.511 e. The maximum absolute atomic E-state index is 14.3. The average Bonchev–Trinajstić information content (AvgIpc) is 2.78. The molecule has 0 saturated carbocycles. The Kier molecular flexibility index (Phi) is 7.39. The van der Waals surface area contributed by atoms with Crippen molar-refractivity contribution >= 4 is 29.7 Å². The van der Waals surface area contributed by atoms with E-state index in [-0.39, 0.29) is 5.56 Å². The monoisotopic (exact) mass is 565 g/mol. The van der Waals surface area contributed by atoms with Gasteiger partial charge in [-0.2, -0.15) is 13.2 Å². The first kappa shape index (κ1) is 27.8. The highest BCUT2D eigenvalue weighted by molar-refractivity contribution is 7.94. The lowest BCUT2D eigenvalue weighted by Crippen LogP contribution is -2.37. The van der Waals surface area contributed by atoms with Crippen LogP contribution in [0.4, 0.5) is 17.6 Å². The lowest BCUT2D eigenvalue weighted by Gasteiger charge is -2.17. The second-order valence-electron chi connectivity index (χ2n) is 7.75. The topological polar surface area (TPSA) is 114 Å². The number of sulfonamides is 1. The van der Waals surface area contributed by atoms with Crippen LogP contribution < -0.4 is 4.72 Å². The Bertz CT molecular complexity index is 1620. The molecule has 0 heterocycles. The van der Waals surface area contributed by atoms with Crippen LogP contribution in [0.1, 0.15) is 24.1 Å². The fraction of sp³-hybridized carbons (Fsp3) is 0.182. The molecule has 0 aromatic heterocycles. The summed E-state index contributed by atoms with van der Waals surface area (Å²) in [6.45, 7) is 2.65. The number of hydrogen-bond acceptors (Lipinski definition) is 6. The fourth-order valence-corrected chi connectivity index (χ4v) is 7.46. The van der Waals surface area contributed by atoms with Gasteiger partial charge in [0.05, 0.1) is 14.7 Å². The number of nitrogens with one attached hydrogen (secondary N) is 1. The van der Waals surface area contributed by atoms with Crippen LogP contribution >= 0.6 is 0 Å². The second kappa shape index (κ2) is 9.57. The summed E-state index contributed by atoms with van der Waals surface area (Å²) in [5, 5.41) is 0. The van der Waals surface area contributed by atoms with Gasteiger partial charge in [-0.1, -0.05) is 30.3 Å². The summed E-state index contributed by atoms with van der Waals surface area (Å²) in [6, 6.07) is 10.8. The van der Waals surface area contributed by atoms with E-state index in [2.05, 4.69) is 0 Å². The number of rotatable bonds is 7. The molecule has 0 amide bonds. The molecule has 7 nitrogen and oxygen atoms in total. The van der Waals surface area contributed by atoms with Crippen LogP contribution in [0.5, 0.6) is 0 Å². The highest BCUT2D eigenvalue weighted by Gasteiger charge is 2.46. The molecule has 14 heteroatoms. The number of aryl methyl sites for hydroxylation is 1. The predicted octanol–water partition coefficient (Wildman–Crippen LogP) is 4.30. The summed E-state index contributed by atoms with van der Waals surface area (Å²) < 4.78 is 129. The second-order valence-corrected chi connectivity index (χ2v) is 13.3. The highest BCUT2D eigenvalue weighted by atomic mass is 32.2. The molecular weight excluding hydrogens is 546 g/mol. The summed E-state index contributed by atoms with van der Waals surface area (Å²) in [5.41, 5.74) is -5.12. The van der Waals surface area contributed by atoms with E-state index in [0.29, 0.717) is 5.56 Å². The van der Waals surface area contributed by atoms with Gasteiger partial charge in [0, 0.05) is 6.04 Å². The molecule has 0 radical (unpaired) electrons. The van der Waals surface area contributed by atoms with Crippen LogP contribution in [-0.2, 0) is 29.7 Å². The Hall–Kier alpha value is -2.81. The number of benzene rings is 3. The van der Waals surface area contributed by atoms with Crippen LogP contribution in [0.25, 0.3) is 0 Å². The Morgan fingerprint density at radius 2 is 1.33 bits per heavy atom. The standard InChI is InChI=1S/C22H19F4NO6S3/c1-14-7-12-20(21(13-14)35(30,31)19-6-4-3-5-18(19)23)34(28,29)17-10-8-16(9-11-17)15(2)27-36(32,33)22(24,25)26/h3-13,15,27H,1-2H3/t15-/m0/s1. The molecule has 0 bridgehead atoms. The Labute approximate surface area is 205 Å². The Morgan fingerprint density at radius 3 is 1.89 bits per heavy atom. The third kappa shape index (κ3) is 5.31. The van der Waals surface area contributed by atoms with Gasteiger partial charge in [-0.25, -0.2) is 34.4 Å². The van der Waals surface area contributed by atoms with E-state index in [9.17, 15) is 42.8 Å². The zero-order valence-electron chi connectivity index (χ0n) is 18.6. The summed E-state index contributed by atoms with van der Waals surface area (Å²) in [4.78, 5) is -2.41. The van der Waals surface area contributed by atoms with Crippen LogP contribution in [0.2, 0.25) is 0 Å². The molecule has 1 atom stereocenters. The van der Waals surface area contributed by atoms with Crippen molar-refractivity contribution in [1.82, 2.24) is 4.72 Å². The first-order valence-electron chi connectivity index (χ1n) is 10.0. The molecule has 0 spiro atoms. The normalized spacial score (nSPS) is 13.9. The van der Waals surface area contributed by atoms with Crippen molar-refractivity contribution in [1.29, 1.82) is 0 Å². The van der Waals surface area contributed by atoms with Gasteiger partial charge < -0.3 is 0 Å². The van der Waals surface area contributed by atoms with E-state index in [1.54, 1.807) is 0 Å². The van der Waals surface area contributed by atoms with Gasteiger partial charge in [-0.15, -0.1) is 0 Å². The SMILES string of the molecule is Cc1ccc(S(=O)(=O)c2ccc([C@H](C)NS(=O)(=O)C(F)(F)F)cc2)c(S(=O)(=O)c2ccccc2F)c1. The lowest BCUT2D eigenvalue weighted by atomic mass is 10.1. The highest BCUT2D eigenvalue weighted by Crippen LogP contribution is 2.33. The average molecular weight is 566 g/mol. The van der Waals surface area contributed by atoms with Crippen molar-refractivity contribution in [2.75, 3.05) is 0 Å². The van der Waals surface area contributed by atoms with Crippen molar-refractivity contribution < 1.29 is 42.8 Å². The zero-order chi connectivity index (χ0) is 27.1. The van der Waals surface area contributed by atoms with Gasteiger partial charge in [0.2, 0.25) is 19.7 Å². The van der Waals surface area contributed by atoms with Crippen LogP contribution in [0, 0.1) is 12.7 Å². The predicted molar refractivity (Wildman–Crippen MR) is 121 cm³/mol. The quantitative estimate of drug-likeness (QED) is 0.428. The molecule has 1 N–H and O–H groups in total. The van der Waals surface area contributed by atoms with Gasteiger partial charge in [0.25, 0.3) is 0 Å². The first-order valence-corrected chi connectivity index (χ1v) is 14.5. The third-order valence-electron chi connectivity index (χ3n) is 5.13. The molecule has 3 rings (SSSR count). The van der Waals surface area contributed by atoms with Crippen molar-refractivity contribution in [3.05, 3.63) is 83.7 Å². The van der Waals surface area contributed by atoms with Crippen molar-refractivity contribution in [2.45, 2.75) is 45.0 Å². The number of alkyl halides is 3. The van der Waals surface area contributed by atoms with E-state index >= 15 is 0 Å². The fourth-order valence-electron chi connectivity index (χ4n) is 3.26. The van der Waals surface area contributed by atoms with E-state index < -0.39 is 66.6 Å². The van der Waals surface area contributed by atoms with Crippen LogP contribution in [0.3, 0.4) is 0 Å². The summed E-state index contributed by atoms with van der Waals surface area (Å²) in [6.07, 6.45) is 0. The molecule has 0 fully saturated rings. The molecule has 0 aliphatic rings. The van der Waals surface area contributed by atoms with Gasteiger partial charge in [-0.3, -0.25) is 0 Å². The summed E-state index contributed by atoms with van der Waals surface area (Å²) in [7, 11) is -14.8. The van der Waals surface area contributed by atoms with E-state index in [1.165, 1.54) is 29.8 Å². The minimum Gasteiger partial charge on any atom is -0.218 e. The summed E-state index contributed by atoms with van der Waals surface area (Å²) >= 11 is 0. The number of sulfone groups is 2. The number of hydrogen-bond donors (Lipinski definition) is 1. The maximum atomic E-state index is 14.3. The Balaban J connectivity index is 2.05. The first-order chi connectivity index (χ1) is 16.5. The van der Waals surface area contributed by atoms with Gasteiger partial charge in [0.1, 0.15) is 10.7 Å². The van der Waals surface area contributed by atoms with E-state index in [4.69, 9.17) is 0 Å². The molecule has 3 aromatic rings.